The van der Waals surface area contributed by atoms with Gasteiger partial charge in [-0.05, 0) is 24.3 Å². The van der Waals surface area contributed by atoms with Crippen LogP contribution in [0, 0.1) is 0 Å². The predicted octanol–water partition coefficient (Wildman–Crippen LogP) is 2.40. The summed E-state index contributed by atoms with van der Waals surface area (Å²) in [6, 6.07) is 7.35. The van der Waals surface area contributed by atoms with Crippen molar-refractivity contribution in [2.45, 2.75) is 12.6 Å². The van der Waals surface area contributed by atoms with Crippen molar-refractivity contribution in [1.82, 2.24) is 10.0 Å². The first-order valence-corrected chi connectivity index (χ1v) is 6.98. The van der Waals surface area contributed by atoms with Crippen molar-refractivity contribution in [3.05, 3.63) is 65.0 Å². The Bertz CT molecular complexity index is 845. The number of nitrogens with zero attached hydrogens (tertiary/aromatic N) is 2. The van der Waals surface area contributed by atoms with E-state index in [-0.39, 0.29) is 16.8 Å². The molecule has 0 atom stereocenters. The highest BCUT2D eigenvalue weighted by Crippen LogP contribution is 2.29. The number of rotatable bonds is 3. The topological polar surface area (TPSA) is 76.6 Å². The number of halogens is 3. The van der Waals surface area contributed by atoms with Crippen molar-refractivity contribution in [3.63, 3.8) is 0 Å². The van der Waals surface area contributed by atoms with Gasteiger partial charge < -0.3 is 4.84 Å². The number of pyridine rings is 1. The van der Waals surface area contributed by atoms with Crippen LogP contribution in [0.25, 0.3) is 0 Å². The largest absolute Gasteiger partial charge is 0.416 e. The zero-order valence-electron chi connectivity index (χ0n) is 12.4. The van der Waals surface area contributed by atoms with Gasteiger partial charge in [0.05, 0.1) is 28.8 Å². The SMILES string of the molecule is O=C(Cc1cc(C(F)(F)F)ccn1)ON1C(=O)c2ccccc2C1=O. The van der Waals surface area contributed by atoms with E-state index in [9.17, 15) is 27.6 Å². The fourth-order valence-corrected chi connectivity index (χ4v) is 2.28. The van der Waals surface area contributed by atoms with E-state index in [2.05, 4.69) is 4.98 Å². The van der Waals surface area contributed by atoms with Crippen molar-refractivity contribution in [2.24, 2.45) is 0 Å². The number of carbonyl (C=O) groups excluding carboxylic acids is 3. The zero-order valence-corrected chi connectivity index (χ0v) is 12.4. The van der Waals surface area contributed by atoms with Crippen LogP contribution in [-0.4, -0.2) is 27.8 Å². The van der Waals surface area contributed by atoms with Gasteiger partial charge in [0.25, 0.3) is 11.8 Å². The number of benzene rings is 1. The second-order valence-corrected chi connectivity index (χ2v) is 5.12. The lowest BCUT2D eigenvalue weighted by atomic mass is 10.1. The molecular formula is C16H9F3N2O4. The summed E-state index contributed by atoms with van der Waals surface area (Å²) < 4.78 is 37.9. The molecule has 6 nitrogen and oxygen atoms in total. The highest BCUT2D eigenvalue weighted by Gasteiger charge is 2.38. The first kappa shape index (κ1) is 16.6. The highest BCUT2D eigenvalue weighted by atomic mass is 19.4. The molecule has 1 aliphatic heterocycles. The number of fused-ring (bicyclic) bond motifs is 1. The Kier molecular flexibility index (Phi) is 3.99. The molecule has 0 N–H and O–H groups in total. The maximum Gasteiger partial charge on any atom is 0.416 e. The van der Waals surface area contributed by atoms with E-state index >= 15 is 0 Å². The van der Waals surface area contributed by atoms with Crippen LogP contribution in [0.5, 0.6) is 0 Å². The number of hydroxylamine groups is 2. The summed E-state index contributed by atoms with van der Waals surface area (Å²) >= 11 is 0. The number of hydrogen-bond acceptors (Lipinski definition) is 5. The van der Waals surface area contributed by atoms with Gasteiger partial charge in [-0.1, -0.05) is 17.2 Å². The van der Waals surface area contributed by atoms with Crippen LogP contribution in [0.3, 0.4) is 0 Å². The van der Waals surface area contributed by atoms with Gasteiger partial charge in [-0.25, -0.2) is 4.79 Å². The van der Waals surface area contributed by atoms with Gasteiger partial charge in [-0.2, -0.15) is 13.2 Å². The standard InChI is InChI=1S/C16H9F3N2O4/c17-16(18,19)9-5-6-20-10(7-9)8-13(22)25-21-14(23)11-3-1-2-4-12(11)15(21)24/h1-7H,8H2. The maximum absolute atomic E-state index is 12.6. The number of aromatic nitrogens is 1. The first-order chi connectivity index (χ1) is 11.8. The van der Waals surface area contributed by atoms with Crippen molar-refractivity contribution < 1.29 is 32.4 Å². The molecule has 3 rings (SSSR count). The Morgan fingerprint density at radius 2 is 1.68 bits per heavy atom. The molecule has 0 bridgehead atoms. The summed E-state index contributed by atoms with van der Waals surface area (Å²) in [5.41, 5.74) is -1.00. The van der Waals surface area contributed by atoms with E-state index in [0.717, 1.165) is 12.3 Å². The molecule has 128 valence electrons. The second-order valence-electron chi connectivity index (χ2n) is 5.12. The molecule has 0 saturated carbocycles. The van der Waals surface area contributed by atoms with Gasteiger partial charge in [0.15, 0.2) is 0 Å². The average Bonchev–Trinajstić information content (AvgIpc) is 2.80. The molecule has 0 fully saturated rings. The molecule has 0 unspecified atom stereocenters. The zero-order chi connectivity index (χ0) is 18.2. The Morgan fingerprint density at radius 3 is 2.24 bits per heavy atom. The molecule has 2 heterocycles. The van der Waals surface area contributed by atoms with Gasteiger partial charge in [0, 0.05) is 6.20 Å². The van der Waals surface area contributed by atoms with E-state index in [0.29, 0.717) is 11.1 Å². The molecule has 25 heavy (non-hydrogen) atoms. The minimum absolute atomic E-state index is 0.0810. The lowest BCUT2D eigenvalue weighted by molar-refractivity contribution is -0.167. The Hall–Kier alpha value is -3.23. The number of hydrogen-bond donors (Lipinski definition) is 0. The summed E-state index contributed by atoms with van der Waals surface area (Å²) in [7, 11) is 0. The summed E-state index contributed by atoms with van der Waals surface area (Å²) in [4.78, 5) is 44.3. The van der Waals surface area contributed by atoms with Crippen molar-refractivity contribution >= 4 is 17.8 Å². The van der Waals surface area contributed by atoms with Crippen molar-refractivity contribution in [2.75, 3.05) is 0 Å². The number of imide groups is 1. The van der Waals surface area contributed by atoms with Crippen LogP contribution in [0.1, 0.15) is 32.0 Å². The Balaban J connectivity index is 1.72. The molecule has 0 aliphatic carbocycles. The molecule has 2 amide bonds. The van der Waals surface area contributed by atoms with Crippen LogP contribution >= 0.6 is 0 Å². The van der Waals surface area contributed by atoms with Crippen LogP contribution in [0.4, 0.5) is 13.2 Å². The number of carbonyl (C=O) groups is 3. The third kappa shape index (κ3) is 3.21. The highest BCUT2D eigenvalue weighted by molar-refractivity contribution is 6.20. The molecule has 9 heteroatoms. The third-order valence-electron chi connectivity index (χ3n) is 3.42. The van der Waals surface area contributed by atoms with Gasteiger partial charge in [0.2, 0.25) is 0 Å². The molecule has 0 saturated heterocycles. The van der Waals surface area contributed by atoms with Crippen LogP contribution in [-0.2, 0) is 22.2 Å². The van der Waals surface area contributed by atoms with Gasteiger partial charge in [-0.15, -0.1) is 0 Å². The molecule has 2 aromatic rings. The van der Waals surface area contributed by atoms with E-state index in [1.54, 1.807) is 12.1 Å². The smallest absolute Gasteiger partial charge is 0.329 e. The lowest BCUT2D eigenvalue weighted by Gasteiger charge is -2.13. The van der Waals surface area contributed by atoms with Gasteiger partial charge >= 0.3 is 12.1 Å². The fraction of sp³-hybridized carbons (Fsp3) is 0.125. The minimum Gasteiger partial charge on any atom is -0.329 e. The average molecular weight is 350 g/mol. The summed E-state index contributed by atoms with van der Waals surface area (Å²) in [6.07, 6.45) is -4.30. The normalized spacial score (nSPS) is 13.8. The second kappa shape index (κ2) is 6.00. The summed E-state index contributed by atoms with van der Waals surface area (Å²) in [6.45, 7) is 0. The number of amides is 2. The Morgan fingerprint density at radius 1 is 1.08 bits per heavy atom. The van der Waals surface area contributed by atoms with Crippen LogP contribution in [0.15, 0.2) is 42.6 Å². The Labute approximate surface area is 138 Å². The molecule has 1 aromatic carbocycles. The summed E-state index contributed by atoms with van der Waals surface area (Å²) in [5.74, 6) is -2.71. The predicted molar refractivity (Wildman–Crippen MR) is 76.0 cm³/mol. The van der Waals surface area contributed by atoms with E-state index in [1.165, 1.54) is 12.1 Å². The van der Waals surface area contributed by atoms with Crippen LogP contribution in [0.2, 0.25) is 0 Å². The molecular weight excluding hydrogens is 341 g/mol. The minimum atomic E-state index is -4.58. The van der Waals surface area contributed by atoms with Crippen molar-refractivity contribution in [1.29, 1.82) is 0 Å². The molecule has 1 aliphatic rings. The third-order valence-corrected chi connectivity index (χ3v) is 3.42. The quantitative estimate of drug-likeness (QED) is 0.795. The molecule has 0 radical (unpaired) electrons. The lowest BCUT2D eigenvalue weighted by Crippen LogP contribution is -2.33. The van der Waals surface area contributed by atoms with Gasteiger partial charge in [0.1, 0.15) is 0 Å². The van der Waals surface area contributed by atoms with Gasteiger partial charge in [-0.3, -0.25) is 14.6 Å². The molecule has 0 spiro atoms. The number of alkyl halides is 3. The fourth-order valence-electron chi connectivity index (χ4n) is 2.28. The van der Waals surface area contributed by atoms with E-state index < -0.39 is 35.9 Å². The van der Waals surface area contributed by atoms with Crippen molar-refractivity contribution in [3.8, 4) is 0 Å². The maximum atomic E-state index is 12.6. The first-order valence-electron chi connectivity index (χ1n) is 6.98. The molecule has 1 aromatic heterocycles. The van der Waals surface area contributed by atoms with E-state index in [4.69, 9.17) is 4.84 Å². The van der Waals surface area contributed by atoms with E-state index in [1.807, 2.05) is 0 Å². The van der Waals surface area contributed by atoms with Crippen LogP contribution < -0.4 is 0 Å². The monoisotopic (exact) mass is 350 g/mol. The summed E-state index contributed by atoms with van der Waals surface area (Å²) in [5, 5.41) is 0.292.